The van der Waals surface area contributed by atoms with E-state index in [1.807, 2.05) is 0 Å². The number of aryl methyl sites for hydroxylation is 1. The lowest BCUT2D eigenvalue weighted by Gasteiger charge is -2.11. The molecule has 0 radical (unpaired) electrons. The lowest BCUT2D eigenvalue weighted by molar-refractivity contribution is 0.353. The average Bonchev–Trinajstić information content (AvgIpc) is 2.97. The number of nitrogens with zero attached hydrogens (tertiary/aromatic N) is 2. The van der Waals surface area contributed by atoms with Crippen molar-refractivity contribution in [2.75, 3.05) is 13.6 Å². The fraction of sp³-hybridized carbons (Fsp3) is 0.579. The summed E-state index contributed by atoms with van der Waals surface area (Å²) < 4.78 is 2.46. The molecular formula is C19H29N3. The van der Waals surface area contributed by atoms with Crippen LogP contribution < -0.4 is 5.32 Å². The van der Waals surface area contributed by atoms with Crippen LogP contribution in [-0.4, -0.2) is 29.1 Å². The van der Waals surface area contributed by atoms with Crippen LogP contribution in [0.2, 0.25) is 0 Å². The van der Waals surface area contributed by atoms with Crippen molar-refractivity contribution in [3.8, 4) is 0 Å². The second kappa shape index (κ2) is 6.43. The van der Waals surface area contributed by atoms with Gasteiger partial charge in [-0.15, -0.1) is 0 Å². The molecule has 1 aliphatic rings. The molecular weight excluding hydrogens is 270 g/mol. The molecule has 1 unspecified atom stereocenters. The second-order valence-corrected chi connectivity index (χ2v) is 6.82. The highest BCUT2D eigenvalue weighted by Gasteiger charge is 2.19. The minimum absolute atomic E-state index is 0.529. The fourth-order valence-corrected chi connectivity index (χ4v) is 3.77. The third kappa shape index (κ3) is 2.92. The zero-order valence-corrected chi connectivity index (χ0v) is 14.4. The number of hydrogen-bond acceptors (Lipinski definition) is 2. The van der Waals surface area contributed by atoms with Crippen molar-refractivity contribution < 1.29 is 0 Å². The van der Waals surface area contributed by atoms with Crippen LogP contribution in [0.3, 0.4) is 0 Å². The number of rotatable bonds is 6. The van der Waals surface area contributed by atoms with E-state index >= 15 is 0 Å². The molecule has 2 heterocycles. The van der Waals surface area contributed by atoms with Gasteiger partial charge in [0.25, 0.3) is 0 Å². The SMILES string of the molecule is CCCn1cc(CC(C)NCC)c2cc3c(cc21)CN(C)C3. The molecule has 0 saturated carbocycles. The molecule has 120 valence electrons. The Balaban J connectivity index is 2.02. The van der Waals surface area contributed by atoms with Gasteiger partial charge >= 0.3 is 0 Å². The molecule has 1 N–H and O–H groups in total. The Labute approximate surface area is 134 Å². The first-order chi connectivity index (χ1) is 10.6. The molecule has 1 atom stereocenters. The molecule has 0 amide bonds. The second-order valence-electron chi connectivity index (χ2n) is 6.82. The summed E-state index contributed by atoms with van der Waals surface area (Å²) >= 11 is 0. The van der Waals surface area contributed by atoms with E-state index in [-0.39, 0.29) is 0 Å². The highest BCUT2D eigenvalue weighted by molar-refractivity contribution is 5.86. The summed E-state index contributed by atoms with van der Waals surface area (Å²) in [7, 11) is 2.21. The summed E-state index contributed by atoms with van der Waals surface area (Å²) in [6.07, 6.45) is 4.68. The Bertz CT molecular complexity index is 656. The molecule has 3 heteroatoms. The average molecular weight is 299 g/mol. The van der Waals surface area contributed by atoms with Crippen LogP contribution in [0.1, 0.15) is 43.9 Å². The predicted octanol–water partition coefficient (Wildman–Crippen LogP) is 3.54. The Morgan fingerprint density at radius 2 is 1.91 bits per heavy atom. The third-order valence-electron chi connectivity index (χ3n) is 4.71. The van der Waals surface area contributed by atoms with Crippen molar-refractivity contribution in [1.29, 1.82) is 0 Å². The van der Waals surface area contributed by atoms with Gasteiger partial charge in [0.1, 0.15) is 0 Å². The smallest absolute Gasteiger partial charge is 0.0486 e. The molecule has 0 aliphatic carbocycles. The molecule has 3 rings (SSSR count). The number of benzene rings is 1. The number of nitrogens with one attached hydrogen (secondary N) is 1. The molecule has 2 aromatic rings. The zero-order chi connectivity index (χ0) is 15.7. The highest BCUT2D eigenvalue weighted by atomic mass is 15.1. The van der Waals surface area contributed by atoms with E-state index in [1.54, 1.807) is 0 Å². The highest BCUT2D eigenvalue weighted by Crippen LogP contribution is 2.31. The van der Waals surface area contributed by atoms with Crippen LogP contribution in [-0.2, 0) is 26.1 Å². The van der Waals surface area contributed by atoms with E-state index in [0.29, 0.717) is 6.04 Å². The third-order valence-corrected chi connectivity index (χ3v) is 4.71. The lowest BCUT2D eigenvalue weighted by Crippen LogP contribution is -2.27. The minimum atomic E-state index is 0.529. The Hall–Kier alpha value is -1.32. The van der Waals surface area contributed by atoms with E-state index in [1.165, 1.54) is 34.0 Å². The quantitative estimate of drug-likeness (QED) is 0.880. The maximum Gasteiger partial charge on any atom is 0.0486 e. The normalized spacial score (nSPS) is 16.4. The van der Waals surface area contributed by atoms with Crippen LogP contribution in [0, 0.1) is 0 Å². The first-order valence-electron chi connectivity index (χ1n) is 8.67. The zero-order valence-electron chi connectivity index (χ0n) is 14.4. The van der Waals surface area contributed by atoms with Crippen molar-refractivity contribution in [3.63, 3.8) is 0 Å². The molecule has 0 spiro atoms. The number of hydrogen-bond donors (Lipinski definition) is 1. The van der Waals surface area contributed by atoms with Gasteiger partial charge in [-0.1, -0.05) is 13.8 Å². The van der Waals surface area contributed by atoms with E-state index < -0.39 is 0 Å². The van der Waals surface area contributed by atoms with E-state index in [9.17, 15) is 0 Å². The maximum atomic E-state index is 3.54. The predicted molar refractivity (Wildman–Crippen MR) is 94.2 cm³/mol. The summed E-state index contributed by atoms with van der Waals surface area (Å²) in [5.41, 5.74) is 5.95. The summed E-state index contributed by atoms with van der Waals surface area (Å²) in [5, 5.41) is 5.01. The van der Waals surface area contributed by atoms with Gasteiger partial charge in [0.05, 0.1) is 0 Å². The molecule has 0 fully saturated rings. The van der Waals surface area contributed by atoms with Gasteiger partial charge in [-0.3, -0.25) is 4.90 Å². The van der Waals surface area contributed by atoms with Gasteiger partial charge in [-0.25, -0.2) is 0 Å². The van der Waals surface area contributed by atoms with Crippen molar-refractivity contribution >= 4 is 10.9 Å². The number of fused-ring (bicyclic) bond motifs is 2. The fourth-order valence-electron chi connectivity index (χ4n) is 3.77. The van der Waals surface area contributed by atoms with Crippen molar-refractivity contribution in [2.45, 2.75) is 59.3 Å². The summed E-state index contributed by atoms with van der Waals surface area (Å²) in [4.78, 5) is 2.40. The van der Waals surface area contributed by atoms with Crippen LogP contribution in [0.25, 0.3) is 10.9 Å². The van der Waals surface area contributed by atoms with Gasteiger partial charge < -0.3 is 9.88 Å². The topological polar surface area (TPSA) is 20.2 Å². The van der Waals surface area contributed by atoms with Gasteiger partial charge in [-0.05, 0) is 62.2 Å². The lowest BCUT2D eigenvalue weighted by atomic mass is 10.0. The largest absolute Gasteiger partial charge is 0.347 e. The van der Waals surface area contributed by atoms with Crippen LogP contribution in [0.5, 0.6) is 0 Å². The van der Waals surface area contributed by atoms with Gasteiger partial charge in [0.15, 0.2) is 0 Å². The minimum Gasteiger partial charge on any atom is -0.347 e. The maximum absolute atomic E-state index is 3.54. The van der Waals surface area contributed by atoms with Crippen molar-refractivity contribution in [3.05, 3.63) is 35.0 Å². The Morgan fingerprint density at radius 1 is 1.18 bits per heavy atom. The standard InChI is InChI=1S/C19H29N3/c1-5-7-22-13-17(8-14(3)20-6-2)18-9-15-11-21(4)12-16(15)10-19(18)22/h9-10,13-14,20H,5-8,11-12H2,1-4H3. The van der Waals surface area contributed by atoms with E-state index in [4.69, 9.17) is 0 Å². The molecule has 22 heavy (non-hydrogen) atoms. The van der Waals surface area contributed by atoms with Crippen molar-refractivity contribution in [1.82, 2.24) is 14.8 Å². The molecule has 0 saturated heterocycles. The van der Waals surface area contributed by atoms with E-state index in [0.717, 1.165) is 32.6 Å². The Morgan fingerprint density at radius 3 is 2.59 bits per heavy atom. The molecule has 3 nitrogen and oxygen atoms in total. The van der Waals surface area contributed by atoms with Crippen LogP contribution in [0.4, 0.5) is 0 Å². The van der Waals surface area contributed by atoms with Crippen LogP contribution in [0.15, 0.2) is 18.3 Å². The Kier molecular flexibility index (Phi) is 4.55. The number of likely N-dealkylation sites (N-methyl/N-ethyl adjacent to an activating group) is 1. The van der Waals surface area contributed by atoms with Crippen molar-refractivity contribution in [2.24, 2.45) is 0 Å². The van der Waals surface area contributed by atoms with Crippen LogP contribution >= 0.6 is 0 Å². The first-order valence-corrected chi connectivity index (χ1v) is 8.67. The molecule has 0 bridgehead atoms. The molecule has 1 aromatic carbocycles. The molecule has 1 aliphatic heterocycles. The van der Waals surface area contributed by atoms with Gasteiger partial charge in [0, 0.05) is 42.8 Å². The number of aromatic nitrogens is 1. The van der Waals surface area contributed by atoms with Gasteiger partial charge in [0.2, 0.25) is 0 Å². The monoisotopic (exact) mass is 299 g/mol. The summed E-state index contributed by atoms with van der Waals surface area (Å²) in [6.45, 7) is 11.1. The molecule has 1 aromatic heterocycles. The first kappa shape index (κ1) is 15.6. The van der Waals surface area contributed by atoms with E-state index in [2.05, 4.69) is 60.9 Å². The summed E-state index contributed by atoms with van der Waals surface area (Å²) in [5.74, 6) is 0. The van der Waals surface area contributed by atoms with Gasteiger partial charge in [-0.2, -0.15) is 0 Å². The summed E-state index contributed by atoms with van der Waals surface area (Å²) in [6, 6.07) is 5.42.